The molecule has 0 bridgehead atoms. The van der Waals surface area contributed by atoms with Gasteiger partial charge in [-0.05, 0) is 42.2 Å². The number of fused-ring (bicyclic) bond motifs is 1. The molecule has 7 rings (SSSR count). The van der Waals surface area contributed by atoms with Crippen LogP contribution in [0.15, 0.2) is 93.4 Å². The molecule has 2 aromatic carbocycles. The summed E-state index contributed by atoms with van der Waals surface area (Å²) in [5.41, 5.74) is 3.44. The number of alkyl carbamates (subject to hydrolysis) is 1. The highest BCUT2D eigenvalue weighted by molar-refractivity contribution is 6.31. The third-order valence-electron chi connectivity index (χ3n) is 8.81. The molecular weight excluding hydrogens is 650 g/mol. The number of amides is 1. The number of rotatable bonds is 10. The molecule has 2 N–H and O–H groups in total. The van der Waals surface area contributed by atoms with Gasteiger partial charge in [0.25, 0.3) is 5.56 Å². The van der Waals surface area contributed by atoms with Crippen LogP contribution in [0, 0.1) is 0 Å². The molecule has 5 heterocycles. The van der Waals surface area contributed by atoms with Gasteiger partial charge in [0.15, 0.2) is 17.7 Å². The molecule has 13 nitrogen and oxygen atoms in total. The number of oxazole rings is 1. The minimum atomic E-state index is -1.07. The predicted molar refractivity (Wildman–Crippen MR) is 180 cm³/mol. The summed E-state index contributed by atoms with van der Waals surface area (Å²) in [7, 11) is 1.76. The van der Waals surface area contributed by atoms with Crippen LogP contribution in [0.3, 0.4) is 0 Å². The highest BCUT2D eigenvalue weighted by Crippen LogP contribution is 2.30. The molecule has 0 spiro atoms. The number of aliphatic hydroxyl groups is 1. The highest BCUT2D eigenvalue weighted by atomic mass is 35.5. The van der Waals surface area contributed by atoms with E-state index in [1.54, 1.807) is 30.1 Å². The molecule has 1 amide bonds. The summed E-state index contributed by atoms with van der Waals surface area (Å²) in [4.78, 5) is 36.4. The Hall–Kier alpha value is -5.24. The van der Waals surface area contributed by atoms with Crippen LogP contribution < -0.4 is 10.9 Å². The lowest BCUT2D eigenvalue weighted by atomic mass is 9.91. The number of aryl methyl sites for hydroxylation is 1. The molecule has 1 saturated heterocycles. The van der Waals surface area contributed by atoms with Crippen molar-refractivity contribution in [3.8, 4) is 22.6 Å². The number of benzene rings is 2. The topological polar surface area (TPSA) is 154 Å². The number of carbonyl (C=O) groups excluding carboxylic acids is 1. The van der Waals surface area contributed by atoms with Crippen molar-refractivity contribution in [3.05, 3.63) is 112 Å². The zero-order valence-electron chi connectivity index (χ0n) is 26.7. The van der Waals surface area contributed by atoms with Crippen molar-refractivity contribution in [2.24, 2.45) is 7.05 Å². The third-order valence-corrected chi connectivity index (χ3v) is 9.16. The van der Waals surface area contributed by atoms with Gasteiger partial charge in [0, 0.05) is 42.8 Å². The molecule has 4 aromatic heterocycles. The van der Waals surface area contributed by atoms with Crippen LogP contribution in [-0.2, 0) is 38.0 Å². The number of furan rings is 1. The number of likely N-dealkylation sites (tertiary alicyclic amines) is 1. The third kappa shape index (κ3) is 7.14. The molecule has 0 saturated carbocycles. The quantitative estimate of drug-likeness (QED) is 0.198. The summed E-state index contributed by atoms with van der Waals surface area (Å²) in [6, 6.07) is 16.8. The van der Waals surface area contributed by atoms with Crippen LogP contribution >= 0.6 is 11.6 Å². The lowest BCUT2D eigenvalue weighted by Gasteiger charge is -2.38. The summed E-state index contributed by atoms with van der Waals surface area (Å²) in [5, 5.41) is 19.3. The van der Waals surface area contributed by atoms with Crippen molar-refractivity contribution < 1.29 is 23.5 Å². The van der Waals surface area contributed by atoms with E-state index in [4.69, 9.17) is 25.2 Å². The van der Waals surface area contributed by atoms with E-state index in [0.717, 1.165) is 22.3 Å². The zero-order valence-corrected chi connectivity index (χ0v) is 27.5. The molecule has 6 aromatic rings. The van der Waals surface area contributed by atoms with Gasteiger partial charge in [0.1, 0.15) is 17.9 Å². The average Bonchev–Trinajstić information content (AvgIpc) is 3.89. The standard InChI is InChI=1S/C35H34ClN7O6/c1-41-32(24-6-4-23(5-7-24)19-48-34(45)38-16-27-3-2-14-47-27)30-31(40-41)33(44)43(21-39-30)20-35(46)10-12-42(13-11-35)18-26-9-8-25(15-28(26)36)29-17-37-22-49-29/h2-9,14-15,17,21-22,46H,10-13,16,18-20H2,1H3,(H,38,45). The van der Waals surface area contributed by atoms with Crippen molar-refractivity contribution in [3.63, 3.8) is 0 Å². The molecule has 252 valence electrons. The van der Waals surface area contributed by atoms with Crippen molar-refractivity contribution >= 4 is 28.7 Å². The number of hydrogen-bond donors (Lipinski definition) is 2. The first-order valence-electron chi connectivity index (χ1n) is 15.8. The van der Waals surface area contributed by atoms with E-state index < -0.39 is 11.7 Å². The van der Waals surface area contributed by atoms with E-state index in [9.17, 15) is 14.7 Å². The molecule has 1 fully saturated rings. The Morgan fingerprint density at radius 2 is 1.88 bits per heavy atom. The van der Waals surface area contributed by atoms with Gasteiger partial charge in [-0.2, -0.15) is 5.10 Å². The van der Waals surface area contributed by atoms with Crippen molar-refractivity contribution in [2.75, 3.05) is 13.1 Å². The molecule has 49 heavy (non-hydrogen) atoms. The Morgan fingerprint density at radius 1 is 1.08 bits per heavy atom. The van der Waals surface area contributed by atoms with Crippen LogP contribution in [0.2, 0.25) is 5.02 Å². The maximum absolute atomic E-state index is 13.6. The SMILES string of the molecule is Cn1nc2c(=O)n(CC3(O)CCN(Cc4ccc(-c5cnco5)cc4Cl)CC3)cnc2c1-c1ccc(COC(=O)NCc2ccco2)cc1. The van der Waals surface area contributed by atoms with Crippen LogP contribution in [0.4, 0.5) is 4.79 Å². The summed E-state index contributed by atoms with van der Waals surface area (Å²) in [5.74, 6) is 1.29. The van der Waals surface area contributed by atoms with E-state index in [1.165, 1.54) is 23.6 Å². The summed E-state index contributed by atoms with van der Waals surface area (Å²) in [6.45, 7) is 2.38. The Labute approximate surface area is 285 Å². The summed E-state index contributed by atoms with van der Waals surface area (Å²) < 4.78 is 19.0. The van der Waals surface area contributed by atoms with Gasteiger partial charge in [-0.25, -0.2) is 14.8 Å². The smallest absolute Gasteiger partial charge is 0.407 e. The second-order valence-electron chi connectivity index (χ2n) is 12.2. The number of piperidine rings is 1. The van der Waals surface area contributed by atoms with Crippen molar-refractivity contribution in [1.29, 1.82) is 0 Å². The van der Waals surface area contributed by atoms with Gasteiger partial charge in [-0.3, -0.25) is 18.9 Å². The first-order valence-corrected chi connectivity index (χ1v) is 16.2. The fraction of sp³-hybridized carbons (Fsp3) is 0.286. The van der Waals surface area contributed by atoms with E-state index in [1.807, 2.05) is 42.5 Å². The largest absolute Gasteiger partial charge is 0.467 e. The van der Waals surface area contributed by atoms with Gasteiger partial charge in [-0.1, -0.05) is 48.0 Å². The number of hydrogen-bond acceptors (Lipinski definition) is 10. The number of halogens is 1. The van der Waals surface area contributed by atoms with Crippen LogP contribution in [0.25, 0.3) is 33.6 Å². The monoisotopic (exact) mass is 683 g/mol. The summed E-state index contributed by atoms with van der Waals surface area (Å²) >= 11 is 6.59. The molecule has 1 aliphatic rings. The number of ether oxygens (including phenoxy) is 1. The summed E-state index contributed by atoms with van der Waals surface area (Å²) in [6.07, 6.45) is 6.48. The number of nitrogens with zero attached hydrogens (tertiary/aromatic N) is 6. The Bertz CT molecular complexity index is 2120. The highest BCUT2D eigenvalue weighted by Gasteiger charge is 2.33. The molecule has 0 atom stereocenters. The molecule has 0 radical (unpaired) electrons. The first kappa shape index (κ1) is 32.3. The fourth-order valence-corrected chi connectivity index (χ4v) is 6.33. The van der Waals surface area contributed by atoms with Crippen molar-refractivity contribution in [2.45, 2.75) is 44.7 Å². The van der Waals surface area contributed by atoms with Gasteiger partial charge in [-0.15, -0.1) is 0 Å². The second-order valence-corrected chi connectivity index (χ2v) is 12.6. The second kappa shape index (κ2) is 13.7. The minimum absolute atomic E-state index is 0.0888. The number of nitrogens with one attached hydrogen (secondary N) is 1. The van der Waals surface area contributed by atoms with E-state index >= 15 is 0 Å². The molecular formula is C35H34ClN7O6. The Kier molecular flexibility index (Phi) is 9.04. The molecule has 0 unspecified atom stereocenters. The van der Waals surface area contributed by atoms with Gasteiger partial charge >= 0.3 is 6.09 Å². The van der Waals surface area contributed by atoms with Crippen molar-refractivity contribution in [1.82, 2.24) is 34.5 Å². The van der Waals surface area contributed by atoms with Gasteiger partial charge in [0.05, 0.1) is 43.2 Å². The molecule has 0 aliphatic carbocycles. The Balaban J connectivity index is 0.970. The lowest BCUT2D eigenvalue weighted by Crippen LogP contribution is -2.47. The lowest BCUT2D eigenvalue weighted by molar-refractivity contribution is -0.0364. The average molecular weight is 684 g/mol. The maximum atomic E-state index is 13.6. The maximum Gasteiger partial charge on any atom is 0.407 e. The van der Waals surface area contributed by atoms with Gasteiger partial charge < -0.3 is 24.0 Å². The zero-order chi connectivity index (χ0) is 34.0. The predicted octanol–water partition coefficient (Wildman–Crippen LogP) is 5.15. The van der Waals surface area contributed by atoms with Crippen LogP contribution in [-0.4, -0.2) is 59.1 Å². The number of carbonyl (C=O) groups is 1. The minimum Gasteiger partial charge on any atom is -0.467 e. The van der Waals surface area contributed by atoms with Crippen LogP contribution in [0.5, 0.6) is 0 Å². The molecule has 1 aliphatic heterocycles. The number of aromatic nitrogens is 5. The first-order chi connectivity index (χ1) is 23.7. The van der Waals surface area contributed by atoms with Gasteiger partial charge in [0.2, 0.25) is 0 Å². The van der Waals surface area contributed by atoms with E-state index in [2.05, 4.69) is 25.3 Å². The Morgan fingerprint density at radius 3 is 2.59 bits per heavy atom. The van der Waals surface area contributed by atoms with E-state index in [-0.39, 0.29) is 30.8 Å². The molecule has 14 heteroatoms. The normalized spacial score (nSPS) is 14.7. The van der Waals surface area contributed by atoms with E-state index in [0.29, 0.717) is 60.2 Å². The fourth-order valence-electron chi connectivity index (χ4n) is 6.09. The van der Waals surface area contributed by atoms with Crippen LogP contribution in [0.1, 0.15) is 29.7 Å².